The van der Waals surface area contributed by atoms with Gasteiger partial charge in [-0.15, -0.1) is 0 Å². The summed E-state index contributed by atoms with van der Waals surface area (Å²) in [5.74, 6) is 0. The monoisotopic (exact) mass is 204 g/mol. The Morgan fingerprint density at radius 2 is 1.93 bits per heavy atom. The van der Waals surface area contributed by atoms with E-state index < -0.39 is 0 Å². The van der Waals surface area contributed by atoms with Crippen molar-refractivity contribution in [3.8, 4) is 0 Å². The molecular weight excluding hydrogens is 184 g/mol. The highest BCUT2D eigenvalue weighted by molar-refractivity contribution is 5.28. The Hall–Kier alpha value is -0.860. The van der Waals surface area contributed by atoms with Crippen LogP contribution < -0.4 is 5.73 Å². The van der Waals surface area contributed by atoms with Gasteiger partial charge in [-0.1, -0.05) is 29.3 Å². The van der Waals surface area contributed by atoms with Gasteiger partial charge in [0.15, 0.2) is 0 Å². The summed E-state index contributed by atoms with van der Waals surface area (Å²) in [7, 11) is 0. The Morgan fingerprint density at radius 3 is 2.40 bits per heavy atom. The molecule has 2 rings (SSSR count). The summed E-state index contributed by atoms with van der Waals surface area (Å²) < 4.78 is 0. The largest absolute Gasteiger partial charge is 0.329 e. The quantitative estimate of drug-likeness (QED) is 0.814. The lowest BCUT2D eigenvalue weighted by atomic mass is 10.0. The first kappa shape index (κ1) is 10.7. The molecule has 1 aromatic carbocycles. The minimum atomic E-state index is 0.616. The van der Waals surface area contributed by atoms with Gasteiger partial charge in [0, 0.05) is 25.7 Å². The smallest absolute Gasteiger partial charge is 0.0237 e. The second kappa shape index (κ2) is 4.33. The summed E-state index contributed by atoms with van der Waals surface area (Å²) in [6.07, 6.45) is 1.27. The Balaban J connectivity index is 2.04. The van der Waals surface area contributed by atoms with Gasteiger partial charge in [0.1, 0.15) is 0 Å². The van der Waals surface area contributed by atoms with Crippen molar-refractivity contribution in [3.05, 3.63) is 34.9 Å². The summed E-state index contributed by atoms with van der Waals surface area (Å²) >= 11 is 0. The van der Waals surface area contributed by atoms with Crippen LogP contribution in [0.15, 0.2) is 18.2 Å². The lowest BCUT2D eigenvalue weighted by molar-refractivity contribution is 0.0882. The molecule has 0 radical (unpaired) electrons. The normalized spacial score (nSPS) is 21.4. The Kier molecular flexibility index (Phi) is 3.08. The van der Waals surface area contributed by atoms with Crippen LogP contribution in [0.5, 0.6) is 0 Å². The minimum absolute atomic E-state index is 0.616. The highest BCUT2D eigenvalue weighted by Crippen LogP contribution is 2.20. The maximum Gasteiger partial charge on any atom is 0.0237 e. The Morgan fingerprint density at radius 1 is 1.27 bits per heavy atom. The van der Waals surface area contributed by atoms with E-state index in [4.69, 9.17) is 5.73 Å². The van der Waals surface area contributed by atoms with E-state index in [1.54, 1.807) is 0 Å². The van der Waals surface area contributed by atoms with Gasteiger partial charge < -0.3 is 5.73 Å². The first-order valence-corrected chi connectivity index (χ1v) is 5.70. The second-order valence-corrected chi connectivity index (χ2v) is 4.64. The molecular formula is C13H20N2. The van der Waals surface area contributed by atoms with E-state index in [1.165, 1.54) is 29.7 Å². The van der Waals surface area contributed by atoms with Gasteiger partial charge in [-0.25, -0.2) is 0 Å². The summed E-state index contributed by atoms with van der Waals surface area (Å²) in [5, 5.41) is 0. The Labute approximate surface area is 92.1 Å². The van der Waals surface area contributed by atoms with Gasteiger partial charge in [0.25, 0.3) is 0 Å². The number of nitrogens with two attached hydrogens (primary N) is 1. The molecule has 1 saturated heterocycles. The topological polar surface area (TPSA) is 29.3 Å². The number of hydrogen-bond donors (Lipinski definition) is 1. The van der Waals surface area contributed by atoms with Crippen molar-refractivity contribution in [1.29, 1.82) is 0 Å². The van der Waals surface area contributed by atoms with Crippen LogP contribution in [-0.2, 0) is 6.54 Å². The molecule has 2 nitrogen and oxygen atoms in total. The number of rotatable bonds is 3. The molecule has 1 aliphatic rings. The van der Waals surface area contributed by atoms with Crippen LogP contribution in [0.2, 0.25) is 0 Å². The molecule has 1 unspecified atom stereocenters. The van der Waals surface area contributed by atoms with E-state index in [-0.39, 0.29) is 0 Å². The van der Waals surface area contributed by atoms with E-state index in [9.17, 15) is 0 Å². The molecule has 1 heterocycles. The third-order valence-electron chi connectivity index (χ3n) is 3.21. The molecule has 1 atom stereocenters. The zero-order chi connectivity index (χ0) is 10.8. The lowest BCUT2D eigenvalue weighted by Gasteiger charge is -2.40. The minimum Gasteiger partial charge on any atom is -0.329 e. The van der Waals surface area contributed by atoms with Gasteiger partial charge in [0.05, 0.1) is 0 Å². The molecule has 0 aliphatic carbocycles. The van der Waals surface area contributed by atoms with Crippen LogP contribution in [0.4, 0.5) is 0 Å². The van der Waals surface area contributed by atoms with Crippen molar-refractivity contribution < 1.29 is 0 Å². The average molecular weight is 204 g/mol. The molecule has 1 aliphatic heterocycles. The number of benzene rings is 1. The van der Waals surface area contributed by atoms with Crippen LogP contribution in [0.1, 0.15) is 23.1 Å². The number of hydrogen-bond acceptors (Lipinski definition) is 2. The van der Waals surface area contributed by atoms with E-state index in [1.807, 2.05) is 0 Å². The van der Waals surface area contributed by atoms with Crippen LogP contribution in [-0.4, -0.2) is 24.0 Å². The molecule has 0 aromatic heterocycles. The van der Waals surface area contributed by atoms with Crippen LogP contribution in [0.3, 0.4) is 0 Å². The fourth-order valence-electron chi connectivity index (χ4n) is 2.36. The molecule has 15 heavy (non-hydrogen) atoms. The predicted molar refractivity (Wildman–Crippen MR) is 63.8 cm³/mol. The van der Waals surface area contributed by atoms with Gasteiger partial charge in [-0.3, -0.25) is 4.90 Å². The van der Waals surface area contributed by atoms with Crippen molar-refractivity contribution >= 4 is 0 Å². The number of nitrogens with zero attached hydrogens (tertiary/aromatic N) is 1. The van der Waals surface area contributed by atoms with Crippen molar-refractivity contribution in [2.24, 2.45) is 5.73 Å². The third kappa shape index (κ3) is 2.39. The molecule has 2 heteroatoms. The lowest BCUT2D eigenvalue weighted by Crippen LogP contribution is -2.50. The van der Waals surface area contributed by atoms with E-state index in [0.717, 1.165) is 13.1 Å². The molecule has 0 bridgehead atoms. The van der Waals surface area contributed by atoms with E-state index in [2.05, 4.69) is 36.9 Å². The van der Waals surface area contributed by atoms with Crippen molar-refractivity contribution in [3.63, 3.8) is 0 Å². The van der Waals surface area contributed by atoms with Crippen molar-refractivity contribution in [2.45, 2.75) is 32.9 Å². The molecule has 0 saturated carbocycles. The maximum atomic E-state index is 5.70. The van der Waals surface area contributed by atoms with Crippen LogP contribution in [0.25, 0.3) is 0 Å². The maximum absolute atomic E-state index is 5.70. The highest BCUT2D eigenvalue weighted by atomic mass is 15.2. The number of likely N-dealkylation sites (tertiary alicyclic amines) is 1. The van der Waals surface area contributed by atoms with Crippen molar-refractivity contribution in [1.82, 2.24) is 4.90 Å². The summed E-state index contributed by atoms with van der Waals surface area (Å²) in [6.45, 7) is 7.38. The molecule has 0 spiro atoms. The van der Waals surface area contributed by atoms with E-state index >= 15 is 0 Å². The van der Waals surface area contributed by atoms with E-state index in [0.29, 0.717) is 6.04 Å². The van der Waals surface area contributed by atoms with Gasteiger partial charge >= 0.3 is 0 Å². The molecule has 2 N–H and O–H groups in total. The highest BCUT2D eigenvalue weighted by Gasteiger charge is 2.26. The predicted octanol–water partition coefficient (Wildman–Crippen LogP) is 1.84. The Bertz CT molecular complexity index is 324. The number of aryl methyl sites for hydroxylation is 2. The van der Waals surface area contributed by atoms with Crippen LogP contribution >= 0.6 is 0 Å². The second-order valence-electron chi connectivity index (χ2n) is 4.64. The average Bonchev–Trinajstić information content (AvgIpc) is 2.12. The SMILES string of the molecule is Cc1cc(C)cc(CN2CCC2CN)c1. The fraction of sp³-hybridized carbons (Fsp3) is 0.538. The first-order valence-electron chi connectivity index (χ1n) is 5.70. The summed E-state index contributed by atoms with van der Waals surface area (Å²) in [6, 6.07) is 7.39. The molecule has 82 valence electrons. The van der Waals surface area contributed by atoms with Gasteiger partial charge in [-0.05, 0) is 25.8 Å². The molecule has 1 aromatic rings. The van der Waals surface area contributed by atoms with Crippen molar-refractivity contribution in [2.75, 3.05) is 13.1 Å². The standard InChI is InChI=1S/C13H20N2/c1-10-5-11(2)7-12(6-10)9-15-4-3-13(15)8-14/h5-7,13H,3-4,8-9,14H2,1-2H3. The van der Waals surface area contributed by atoms with Crippen LogP contribution in [0, 0.1) is 13.8 Å². The molecule has 0 amide bonds. The summed E-state index contributed by atoms with van der Waals surface area (Å²) in [4.78, 5) is 2.47. The zero-order valence-electron chi connectivity index (χ0n) is 9.66. The first-order chi connectivity index (χ1) is 7.19. The molecule has 1 fully saturated rings. The third-order valence-corrected chi connectivity index (χ3v) is 3.21. The zero-order valence-corrected chi connectivity index (χ0v) is 9.66. The summed E-state index contributed by atoms with van der Waals surface area (Å²) in [5.41, 5.74) is 9.83. The van der Waals surface area contributed by atoms with Gasteiger partial charge in [-0.2, -0.15) is 0 Å². The fourth-order valence-corrected chi connectivity index (χ4v) is 2.36. The van der Waals surface area contributed by atoms with Gasteiger partial charge in [0.2, 0.25) is 0 Å².